The van der Waals surface area contributed by atoms with E-state index in [-0.39, 0.29) is 11.8 Å². The predicted molar refractivity (Wildman–Crippen MR) is 98.8 cm³/mol. The number of amidine groups is 1. The molecule has 0 saturated heterocycles. The summed E-state index contributed by atoms with van der Waals surface area (Å²) in [6, 6.07) is 13.5. The Balaban J connectivity index is 1.77. The second-order valence-electron chi connectivity index (χ2n) is 6.49. The average molecular weight is 335 g/mol. The van der Waals surface area contributed by atoms with Crippen LogP contribution in [0, 0.1) is 5.92 Å². The lowest BCUT2D eigenvalue weighted by atomic mass is 10.1. The van der Waals surface area contributed by atoms with E-state index in [1.807, 2.05) is 49.5 Å². The Morgan fingerprint density at radius 2 is 2.04 bits per heavy atom. The van der Waals surface area contributed by atoms with Crippen LogP contribution in [0.5, 0.6) is 11.5 Å². The van der Waals surface area contributed by atoms with Crippen LogP contribution in [0.3, 0.4) is 0 Å². The van der Waals surface area contributed by atoms with Gasteiger partial charge >= 0.3 is 0 Å². The quantitative estimate of drug-likeness (QED) is 0.916. The van der Waals surface area contributed by atoms with Crippen molar-refractivity contribution in [1.29, 1.82) is 0 Å². The summed E-state index contributed by atoms with van der Waals surface area (Å²) in [4.78, 5) is 19.0. The smallest absolute Gasteiger partial charge is 0.227 e. The van der Waals surface area contributed by atoms with E-state index in [2.05, 4.69) is 17.1 Å². The molecule has 25 heavy (non-hydrogen) atoms. The standard InChI is InChI=1S/C20H21N3O2/c1-3-23(2)19-15-12-14(21-20(24)13-8-9-13)10-11-17(15)25-18-7-5-4-6-16(18)22-19/h4-7,10-13H,3,8-9H2,1-2H3,(H,21,24). The van der Waals surface area contributed by atoms with Gasteiger partial charge in [-0.2, -0.15) is 0 Å². The van der Waals surface area contributed by atoms with Gasteiger partial charge in [-0.1, -0.05) is 12.1 Å². The number of amides is 1. The molecule has 2 aliphatic rings. The van der Waals surface area contributed by atoms with E-state index in [0.717, 1.165) is 53.7 Å². The molecule has 1 fully saturated rings. The fraction of sp³-hybridized carbons (Fsp3) is 0.300. The van der Waals surface area contributed by atoms with Crippen molar-refractivity contribution < 1.29 is 9.53 Å². The number of rotatable bonds is 3. The Labute approximate surface area is 147 Å². The number of anilines is 1. The lowest BCUT2D eigenvalue weighted by Gasteiger charge is -2.20. The number of nitrogens with one attached hydrogen (secondary N) is 1. The molecule has 1 aliphatic heterocycles. The number of benzene rings is 2. The molecule has 128 valence electrons. The third kappa shape index (κ3) is 3.09. The Morgan fingerprint density at radius 1 is 1.24 bits per heavy atom. The maximum Gasteiger partial charge on any atom is 0.227 e. The third-order valence-corrected chi connectivity index (χ3v) is 4.58. The number of fused-ring (bicyclic) bond motifs is 2. The topological polar surface area (TPSA) is 53.9 Å². The van der Waals surface area contributed by atoms with Gasteiger partial charge in [-0.15, -0.1) is 0 Å². The number of carbonyl (C=O) groups is 1. The van der Waals surface area contributed by atoms with Gasteiger partial charge in [0.25, 0.3) is 0 Å². The first-order chi connectivity index (χ1) is 12.2. The first-order valence-electron chi connectivity index (χ1n) is 8.67. The predicted octanol–water partition coefficient (Wildman–Crippen LogP) is 4.17. The van der Waals surface area contributed by atoms with Crippen molar-refractivity contribution in [3.63, 3.8) is 0 Å². The van der Waals surface area contributed by atoms with E-state index in [4.69, 9.17) is 9.73 Å². The van der Waals surface area contributed by atoms with E-state index in [1.54, 1.807) is 0 Å². The highest BCUT2D eigenvalue weighted by molar-refractivity contribution is 6.05. The number of carbonyl (C=O) groups excluding carboxylic acids is 1. The van der Waals surface area contributed by atoms with E-state index in [1.165, 1.54) is 0 Å². The minimum Gasteiger partial charge on any atom is -0.454 e. The summed E-state index contributed by atoms with van der Waals surface area (Å²) in [6.45, 7) is 2.90. The zero-order valence-electron chi connectivity index (χ0n) is 14.5. The molecule has 0 spiro atoms. The molecule has 0 unspecified atom stereocenters. The van der Waals surface area contributed by atoms with Crippen molar-refractivity contribution in [2.45, 2.75) is 19.8 Å². The molecular formula is C20H21N3O2. The SMILES string of the molecule is CCN(C)C1=Nc2ccccc2Oc2ccc(NC(=O)C3CC3)cc21. The number of hydrogen-bond acceptors (Lipinski definition) is 4. The van der Waals surface area contributed by atoms with E-state index in [9.17, 15) is 4.79 Å². The molecule has 1 amide bonds. The molecule has 5 heteroatoms. The molecular weight excluding hydrogens is 314 g/mol. The Kier molecular flexibility index (Phi) is 3.92. The molecule has 0 aromatic heterocycles. The molecule has 0 bridgehead atoms. The van der Waals surface area contributed by atoms with Crippen LogP contribution in [0.15, 0.2) is 47.5 Å². The van der Waals surface area contributed by atoms with Crippen molar-refractivity contribution in [2.24, 2.45) is 10.9 Å². The van der Waals surface area contributed by atoms with Crippen molar-refractivity contribution in [1.82, 2.24) is 4.90 Å². The Morgan fingerprint density at radius 3 is 2.80 bits per heavy atom. The van der Waals surface area contributed by atoms with Crippen LogP contribution in [0.2, 0.25) is 0 Å². The van der Waals surface area contributed by atoms with Gasteiger partial charge in [-0.25, -0.2) is 4.99 Å². The van der Waals surface area contributed by atoms with Crippen LogP contribution in [0.25, 0.3) is 0 Å². The Bertz CT molecular complexity index is 856. The van der Waals surface area contributed by atoms with Gasteiger partial charge in [-0.3, -0.25) is 4.79 Å². The summed E-state index contributed by atoms with van der Waals surface area (Å²) in [5.74, 6) is 2.59. The monoisotopic (exact) mass is 335 g/mol. The Hall–Kier alpha value is -2.82. The first kappa shape index (κ1) is 15.7. The van der Waals surface area contributed by atoms with Gasteiger partial charge in [0.2, 0.25) is 5.91 Å². The van der Waals surface area contributed by atoms with Crippen LogP contribution in [-0.4, -0.2) is 30.2 Å². The van der Waals surface area contributed by atoms with Gasteiger partial charge in [0, 0.05) is 25.2 Å². The van der Waals surface area contributed by atoms with Crippen LogP contribution < -0.4 is 10.1 Å². The summed E-state index contributed by atoms with van der Waals surface area (Å²) in [6.07, 6.45) is 1.97. The summed E-state index contributed by atoms with van der Waals surface area (Å²) in [7, 11) is 2.01. The summed E-state index contributed by atoms with van der Waals surface area (Å²) < 4.78 is 6.09. The maximum absolute atomic E-state index is 12.1. The number of nitrogens with zero attached hydrogens (tertiary/aromatic N) is 2. The molecule has 0 atom stereocenters. The van der Waals surface area contributed by atoms with Crippen LogP contribution in [0.4, 0.5) is 11.4 Å². The first-order valence-corrected chi connectivity index (χ1v) is 8.67. The molecule has 2 aromatic carbocycles. The van der Waals surface area contributed by atoms with Gasteiger partial charge < -0.3 is 15.0 Å². The number of hydrogen-bond donors (Lipinski definition) is 1. The minimum absolute atomic E-state index is 0.0973. The van der Waals surface area contributed by atoms with Gasteiger partial charge in [0.05, 0.1) is 5.56 Å². The molecule has 0 radical (unpaired) electrons. The fourth-order valence-corrected chi connectivity index (χ4v) is 2.83. The maximum atomic E-state index is 12.1. The van der Waals surface area contributed by atoms with Crippen LogP contribution in [0.1, 0.15) is 25.3 Å². The average Bonchev–Trinajstić information content (AvgIpc) is 3.47. The van der Waals surface area contributed by atoms with Crippen molar-refractivity contribution >= 4 is 23.1 Å². The molecule has 1 saturated carbocycles. The molecule has 1 aliphatic carbocycles. The fourth-order valence-electron chi connectivity index (χ4n) is 2.83. The number of ether oxygens (including phenoxy) is 1. The lowest BCUT2D eigenvalue weighted by molar-refractivity contribution is -0.117. The molecule has 4 rings (SSSR count). The van der Waals surface area contributed by atoms with E-state index in [0.29, 0.717) is 0 Å². The molecule has 2 aromatic rings. The highest BCUT2D eigenvalue weighted by Crippen LogP contribution is 2.39. The van der Waals surface area contributed by atoms with Crippen LogP contribution >= 0.6 is 0 Å². The summed E-state index contributed by atoms with van der Waals surface area (Å²) >= 11 is 0. The van der Waals surface area contributed by atoms with E-state index < -0.39 is 0 Å². The second kappa shape index (κ2) is 6.24. The van der Waals surface area contributed by atoms with Crippen LogP contribution in [-0.2, 0) is 4.79 Å². The number of aliphatic imine (C=N–C) groups is 1. The highest BCUT2D eigenvalue weighted by Gasteiger charge is 2.30. The molecule has 5 nitrogen and oxygen atoms in total. The minimum atomic E-state index is 0.0973. The van der Waals surface area contributed by atoms with Crippen molar-refractivity contribution in [3.05, 3.63) is 48.0 Å². The largest absolute Gasteiger partial charge is 0.454 e. The summed E-state index contributed by atoms with van der Waals surface area (Å²) in [5.41, 5.74) is 2.47. The van der Waals surface area contributed by atoms with Gasteiger partial charge in [0.1, 0.15) is 17.3 Å². The normalized spacial score (nSPS) is 15.2. The molecule has 1 N–H and O–H groups in total. The lowest BCUT2D eigenvalue weighted by Crippen LogP contribution is -2.27. The second-order valence-corrected chi connectivity index (χ2v) is 6.49. The van der Waals surface area contributed by atoms with E-state index >= 15 is 0 Å². The van der Waals surface area contributed by atoms with Gasteiger partial charge in [-0.05, 0) is 50.1 Å². The zero-order valence-corrected chi connectivity index (χ0v) is 14.5. The summed E-state index contributed by atoms with van der Waals surface area (Å²) in [5, 5.41) is 3.01. The number of para-hydroxylation sites is 2. The van der Waals surface area contributed by atoms with Crippen molar-refractivity contribution in [2.75, 3.05) is 18.9 Å². The zero-order chi connectivity index (χ0) is 17.4. The highest BCUT2D eigenvalue weighted by atomic mass is 16.5. The third-order valence-electron chi connectivity index (χ3n) is 4.58. The molecule has 1 heterocycles. The van der Waals surface area contributed by atoms with Crippen molar-refractivity contribution in [3.8, 4) is 11.5 Å². The van der Waals surface area contributed by atoms with Gasteiger partial charge in [0.15, 0.2) is 5.75 Å².